The summed E-state index contributed by atoms with van der Waals surface area (Å²) >= 11 is 0. The number of fused-ring (bicyclic) bond motifs is 1. The van der Waals surface area contributed by atoms with Crippen LogP contribution in [0.4, 0.5) is 0 Å². The van der Waals surface area contributed by atoms with E-state index < -0.39 is 0 Å². The van der Waals surface area contributed by atoms with Gasteiger partial charge in [0.1, 0.15) is 0 Å². The van der Waals surface area contributed by atoms with Crippen molar-refractivity contribution in [2.24, 2.45) is 0 Å². The van der Waals surface area contributed by atoms with Gasteiger partial charge in [-0.1, -0.05) is 30.3 Å². The summed E-state index contributed by atoms with van der Waals surface area (Å²) in [6.45, 7) is 4.70. The lowest BCUT2D eigenvalue weighted by molar-refractivity contribution is 0.0942. The number of amides is 1. The number of carbonyl (C=O) groups is 1. The van der Waals surface area contributed by atoms with Gasteiger partial charge < -0.3 is 15.2 Å². The van der Waals surface area contributed by atoms with E-state index in [9.17, 15) is 4.79 Å². The van der Waals surface area contributed by atoms with E-state index in [1.54, 1.807) is 0 Å². The smallest absolute Gasteiger partial charge is 0.251 e. The van der Waals surface area contributed by atoms with Crippen molar-refractivity contribution in [1.82, 2.24) is 15.2 Å². The van der Waals surface area contributed by atoms with Crippen LogP contribution in [0, 0.1) is 13.8 Å². The van der Waals surface area contributed by atoms with Crippen molar-refractivity contribution in [2.45, 2.75) is 19.9 Å². The first-order valence-corrected chi connectivity index (χ1v) is 8.56. The number of aryl methyl sites for hydroxylation is 2. The van der Waals surface area contributed by atoms with E-state index >= 15 is 0 Å². The Morgan fingerprint density at radius 1 is 1.12 bits per heavy atom. The van der Waals surface area contributed by atoms with Crippen LogP contribution >= 0.6 is 0 Å². The minimum Gasteiger partial charge on any atom is -0.358 e. The second-order valence-corrected chi connectivity index (χ2v) is 6.74. The molecule has 0 saturated carbocycles. The molecule has 1 atom stereocenters. The second-order valence-electron chi connectivity index (χ2n) is 6.74. The Balaban J connectivity index is 1.76. The molecule has 130 valence electrons. The molecular weight excluding hydrogens is 310 g/mol. The number of aromatic amines is 1. The summed E-state index contributed by atoms with van der Waals surface area (Å²) in [5, 5.41) is 4.19. The molecule has 0 fully saturated rings. The van der Waals surface area contributed by atoms with E-state index in [1.165, 1.54) is 11.1 Å². The summed E-state index contributed by atoms with van der Waals surface area (Å²) in [7, 11) is 4.06. The molecule has 1 aromatic heterocycles. The average molecular weight is 335 g/mol. The maximum atomic E-state index is 12.6. The number of carbonyl (C=O) groups excluding carboxylic acids is 1. The largest absolute Gasteiger partial charge is 0.358 e. The molecule has 25 heavy (non-hydrogen) atoms. The number of H-pyrrole nitrogens is 1. The molecule has 2 N–H and O–H groups in total. The fourth-order valence-corrected chi connectivity index (χ4v) is 3.17. The molecule has 1 heterocycles. The van der Waals surface area contributed by atoms with Gasteiger partial charge in [-0.05, 0) is 57.3 Å². The number of hydrogen-bond donors (Lipinski definition) is 2. The van der Waals surface area contributed by atoms with Crippen molar-refractivity contribution in [1.29, 1.82) is 0 Å². The molecule has 2 aromatic carbocycles. The number of rotatable bonds is 5. The van der Waals surface area contributed by atoms with Gasteiger partial charge in [0.05, 0.1) is 6.04 Å². The van der Waals surface area contributed by atoms with Crippen LogP contribution < -0.4 is 5.32 Å². The van der Waals surface area contributed by atoms with Crippen molar-refractivity contribution in [3.05, 3.63) is 70.9 Å². The van der Waals surface area contributed by atoms with Crippen LogP contribution in [-0.4, -0.2) is 36.4 Å². The normalized spacial score (nSPS) is 12.5. The quantitative estimate of drug-likeness (QED) is 0.745. The average Bonchev–Trinajstić information content (AvgIpc) is 2.89. The fraction of sp³-hybridized carbons (Fsp3) is 0.286. The highest BCUT2D eigenvalue weighted by molar-refractivity contribution is 5.99. The van der Waals surface area contributed by atoms with Crippen molar-refractivity contribution in [2.75, 3.05) is 20.6 Å². The van der Waals surface area contributed by atoms with Crippen LogP contribution in [0.2, 0.25) is 0 Å². The number of nitrogens with one attached hydrogen (secondary N) is 2. The first-order valence-electron chi connectivity index (χ1n) is 8.56. The third-order valence-corrected chi connectivity index (χ3v) is 4.83. The summed E-state index contributed by atoms with van der Waals surface area (Å²) in [6.07, 6.45) is 0. The van der Waals surface area contributed by atoms with Gasteiger partial charge >= 0.3 is 0 Å². The van der Waals surface area contributed by atoms with Crippen molar-refractivity contribution in [3.63, 3.8) is 0 Å². The highest BCUT2D eigenvalue weighted by Gasteiger charge is 2.16. The van der Waals surface area contributed by atoms with Crippen molar-refractivity contribution in [3.8, 4) is 0 Å². The van der Waals surface area contributed by atoms with E-state index in [4.69, 9.17) is 0 Å². The zero-order chi connectivity index (χ0) is 18.0. The molecule has 3 rings (SSSR count). The van der Waals surface area contributed by atoms with Crippen LogP contribution in [-0.2, 0) is 0 Å². The Morgan fingerprint density at radius 3 is 2.52 bits per heavy atom. The van der Waals surface area contributed by atoms with Crippen LogP contribution in [0.5, 0.6) is 0 Å². The number of nitrogens with zero attached hydrogens (tertiary/aromatic N) is 1. The fourth-order valence-electron chi connectivity index (χ4n) is 3.17. The van der Waals surface area contributed by atoms with Gasteiger partial charge in [-0.25, -0.2) is 0 Å². The Kier molecular flexibility index (Phi) is 4.91. The van der Waals surface area contributed by atoms with Gasteiger partial charge in [-0.2, -0.15) is 0 Å². The zero-order valence-corrected chi connectivity index (χ0v) is 15.3. The third kappa shape index (κ3) is 3.59. The van der Waals surface area contributed by atoms with E-state index in [0.717, 1.165) is 16.6 Å². The summed E-state index contributed by atoms with van der Waals surface area (Å²) in [5.74, 6) is -0.0389. The Morgan fingerprint density at radius 2 is 1.84 bits per heavy atom. The van der Waals surface area contributed by atoms with Gasteiger partial charge in [-0.3, -0.25) is 4.79 Å². The van der Waals surface area contributed by atoms with Crippen LogP contribution in [0.3, 0.4) is 0 Å². The summed E-state index contributed by atoms with van der Waals surface area (Å²) in [5.41, 5.74) is 5.30. The molecule has 4 heteroatoms. The zero-order valence-electron chi connectivity index (χ0n) is 15.3. The lowest BCUT2D eigenvalue weighted by Gasteiger charge is -2.25. The Hall–Kier alpha value is -2.59. The van der Waals surface area contributed by atoms with Gasteiger partial charge in [0.15, 0.2) is 0 Å². The van der Waals surface area contributed by atoms with E-state index in [1.807, 2.05) is 50.5 Å². The van der Waals surface area contributed by atoms with Gasteiger partial charge in [-0.15, -0.1) is 0 Å². The first kappa shape index (κ1) is 17.2. The predicted molar refractivity (Wildman–Crippen MR) is 103 cm³/mol. The molecule has 0 aliphatic carbocycles. The molecule has 4 nitrogen and oxygen atoms in total. The summed E-state index contributed by atoms with van der Waals surface area (Å²) in [6, 6.07) is 16.2. The second kappa shape index (κ2) is 7.11. The number of aromatic nitrogens is 1. The molecule has 0 saturated heterocycles. The maximum Gasteiger partial charge on any atom is 0.251 e. The van der Waals surface area contributed by atoms with Crippen LogP contribution in [0.15, 0.2) is 48.5 Å². The minimum atomic E-state index is -0.0389. The predicted octanol–water partition coefficient (Wildman–Crippen LogP) is 3.82. The highest BCUT2D eigenvalue weighted by Crippen LogP contribution is 2.22. The minimum absolute atomic E-state index is 0.0389. The highest BCUT2D eigenvalue weighted by atomic mass is 16.1. The number of hydrogen-bond acceptors (Lipinski definition) is 2. The number of benzene rings is 2. The maximum absolute atomic E-state index is 12.6. The van der Waals surface area contributed by atoms with Gasteiger partial charge in [0, 0.05) is 28.7 Å². The van der Waals surface area contributed by atoms with Gasteiger partial charge in [0.2, 0.25) is 0 Å². The summed E-state index contributed by atoms with van der Waals surface area (Å²) < 4.78 is 0. The van der Waals surface area contributed by atoms with Crippen molar-refractivity contribution >= 4 is 16.8 Å². The third-order valence-electron chi connectivity index (χ3n) is 4.83. The van der Waals surface area contributed by atoms with Crippen LogP contribution in [0.1, 0.15) is 33.2 Å². The van der Waals surface area contributed by atoms with E-state index in [0.29, 0.717) is 12.1 Å². The van der Waals surface area contributed by atoms with Gasteiger partial charge in [0.25, 0.3) is 5.91 Å². The summed E-state index contributed by atoms with van der Waals surface area (Å²) in [4.78, 5) is 18.1. The Labute approximate surface area is 148 Å². The molecule has 0 aliphatic rings. The van der Waals surface area contributed by atoms with Crippen LogP contribution in [0.25, 0.3) is 10.9 Å². The topological polar surface area (TPSA) is 48.1 Å². The first-order chi connectivity index (χ1) is 12.0. The molecule has 1 amide bonds. The molecule has 0 spiro atoms. The van der Waals surface area contributed by atoms with E-state index in [2.05, 4.69) is 41.2 Å². The monoisotopic (exact) mass is 335 g/mol. The molecule has 1 unspecified atom stereocenters. The van der Waals surface area contributed by atoms with Crippen molar-refractivity contribution < 1.29 is 4.79 Å². The molecule has 0 aliphatic heterocycles. The Bertz CT molecular complexity index is 881. The SMILES string of the molecule is Cc1[nH]c2ccc(C(=O)NCC(c3ccccc3)N(C)C)cc2c1C. The molecule has 0 radical (unpaired) electrons. The molecular formula is C21H25N3O. The number of likely N-dealkylation sites (N-methyl/N-ethyl adjacent to an activating group) is 1. The lowest BCUT2D eigenvalue weighted by Crippen LogP contribution is -2.34. The molecule has 3 aromatic rings. The standard InChI is InChI=1S/C21H25N3O/c1-14-15(2)23-19-11-10-17(12-18(14)19)21(25)22-13-20(24(3)4)16-8-6-5-7-9-16/h5-12,20,23H,13H2,1-4H3,(H,22,25). The lowest BCUT2D eigenvalue weighted by atomic mass is 10.1. The van der Waals surface area contributed by atoms with E-state index in [-0.39, 0.29) is 11.9 Å². The molecule has 0 bridgehead atoms.